The van der Waals surface area contributed by atoms with Gasteiger partial charge in [-0.25, -0.2) is 13.1 Å². The molecule has 1 fully saturated rings. The van der Waals surface area contributed by atoms with E-state index in [1.807, 2.05) is 24.0 Å². The molecular formula is C17H20Cl2N4O3S. The van der Waals surface area contributed by atoms with Gasteiger partial charge in [-0.2, -0.15) is 9.40 Å². The standard InChI is InChI=1S/C17H20Cl2N4O3S/c1-12-3-4-13(2)15(9-12)27(25,26)22-7-5-21(6-8-22)11-23-17(24)16(19)14(18)10-20-23/h3-4,9-10H,5-8,11H2,1-2H3. The average Bonchev–Trinajstić information content (AvgIpc) is 2.64. The van der Waals surface area contributed by atoms with Crippen LogP contribution in [0.5, 0.6) is 0 Å². The summed E-state index contributed by atoms with van der Waals surface area (Å²) >= 11 is 11.7. The van der Waals surface area contributed by atoms with Gasteiger partial charge in [0.05, 0.1) is 22.8 Å². The second kappa shape index (κ2) is 7.89. The first-order valence-corrected chi connectivity index (χ1v) is 10.6. The molecule has 1 aliphatic heterocycles. The maximum absolute atomic E-state index is 13.0. The largest absolute Gasteiger partial charge is 0.288 e. The number of piperazine rings is 1. The Bertz CT molecular complexity index is 1020. The molecule has 10 heteroatoms. The Morgan fingerprint density at radius 1 is 1.11 bits per heavy atom. The van der Waals surface area contributed by atoms with Crippen molar-refractivity contribution in [2.45, 2.75) is 25.4 Å². The highest BCUT2D eigenvalue weighted by atomic mass is 35.5. The molecule has 0 atom stereocenters. The molecule has 1 aromatic heterocycles. The lowest BCUT2D eigenvalue weighted by Crippen LogP contribution is -2.50. The van der Waals surface area contributed by atoms with E-state index in [2.05, 4.69) is 5.10 Å². The minimum Gasteiger partial charge on any atom is -0.282 e. The third-order valence-electron chi connectivity index (χ3n) is 4.57. The van der Waals surface area contributed by atoms with Crippen LogP contribution in [0.2, 0.25) is 10.0 Å². The molecule has 7 nitrogen and oxygen atoms in total. The lowest BCUT2D eigenvalue weighted by molar-refractivity contribution is 0.143. The fraction of sp³-hybridized carbons (Fsp3) is 0.412. The van der Waals surface area contributed by atoms with E-state index in [1.54, 1.807) is 13.0 Å². The minimum absolute atomic E-state index is 0.0668. The van der Waals surface area contributed by atoms with Gasteiger partial charge in [0.25, 0.3) is 5.56 Å². The minimum atomic E-state index is -3.55. The van der Waals surface area contributed by atoms with Gasteiger partial charge in [-0.1, -0.05) is 35.3 Å². The van der Waals surface area contributed by atoms with Crippen molar-refractivity contribution >= 4 is 33.2 Å². The van der Waals surface area contributed by atoms with Crippen LogP contribution in [0.25, 0.3) is 0 Å². The maximum atomic E-state index is 13.0. The van der Waals surface area contributed by atoms with Crippen molar-refractivity contribution in [2.75, 3.05) is 26.2 Å². The van der Waals surface area contributed by atoms with Crippen molar-refractivity contribution in [3.05, 3.63) is 55.9 Å². The van der Waals surface area contributed by atoms with Gasteiger partial charge in [-0.05, 0) is 31.0 Å². The molecule has 0 amide bonds. The van der Waals surface area contributed by atoms with Crippen molar-refractivity contribution in [1.82, 2.24) is 19.0 Å². The van der Waals surface area contributed by atoms with Crippen LogP contribution in [-0.4, -0.2) is 53.6 Å². The van der Waals surface area contributed by atoms with Crippen molar-refractivity contribution in [3.8, 4) is 0 Å². The Hall–Kier alpha value is -1.45. The van der Waals surface area contributed by atoms with Gasteiger partial charge in [0.15, 0.2) is 0 Å². The van der Waals surface area contributed by atoms with Crippen molar-refractivity contribution in [3.63, 3.8) is 0 Å². The number of aromatic nitrogens is 2. The Balaban J connectivity index is 1.71. The molecule has 1 aliphatic rings. The van der Waals surface area contributed by atoms with E-state index in [1.165, 1.54) is 15.2 Å². The molecule has 0 radical (unpaired) electrons. The molecule has 0 aliphatic carbocycles. The average molecular weight is 431 g/mol. The monoisotopic (exact) mass is 430 g/mol. The van der Waals surface area contributed by atoms with E-state index < -0.39 is 15.6 Å². The molecule has 0 unspecified atom stereocenters. The van der Waals surface area contributed by atoms with Gasteiger partial charge >= 0.3 is 0 Å². The number of halogens is 2. The van der Waals surface area contributed by atoms with Gasteiger partial charge in [0.1, 0.15) is 5.02 Å². The zero-order valence-electron chi connectivity index (χ0n) is 15.0. The van der Waals surface area contributed by atoms with Crippen LogP contribution in [0, 0.1) is 13.8 Å². The van der Waals surface area contributed by atoms with Gasteiger partial charge in [0, 0.05) is 26.2 Å². The van der Waals surface area contributed by atoms with E-state index >= 15 is 0 Å². The van der Waals surface area contributed by atoms with E-state index in [0.29, 0.717) is 31.1 Å². The molecule has 1 aromatic carbocycles. The van der Waals surface area contributed by atoms with Crippen LogP contribution < -0.4 is 5.56 Å². The zero-order valence-corrected chi connectivity index (χ0v) is 17.4. The summed E-state index contributed by atoms with van der Waals surface area (Å²) in [5.41, 5.74) is 1.17. The van der Waals surface area contributed by atoms with Gasteiger partial charge in [0.2, 0.25) is 10.0 Å². The predicted octanol–water partition coefficient (Wildman–Crippen LogP) is 2.13. The SMILES string of the molecule is Cc1ccc(C)c(S(=O)(=O)N2CCN(Cn3ncc(Cl)c(Cl)c3=O)CC2)c1. The summed E-state index contributed by atoms with van der Waals surface area (Å²) in [7, 11) is -3.55. The smallest absolute Gasteiger partial charge is 0.282 e. The Labute approximate surface area is 168 Å². The number of rotatable bonds is 4. The number of nitrogens with zero attached hydrogens (tertiary/aromatic N) is 4. The fourth-order valence-electron chi connectivity index (χ4n) is 2.97. The van der Waals surface area contributed by atoms with Crippen molar-refractivity contribution < 1.29 is 8.42 Å². The number of aryl methyl sites for hydroxylation is 2. The first kappa shape index (κ1) is 20.3. The second-order valence-corrected chi connectivity index (χ2v) is 9.24. The topological polar surface area (TPSA) is 75.5 Å². The Kier molecular flexibility index (Phi) is 5.93. The number of hydrogen-bond donors (Lipinski definition) is 0. The van der Waals surface area contributed by atoms with Crippen LogP contribution >= 0.6 is 23.2 Å². The predicted molar refractivity (Wildman–Crippen MR) is 105 cm³/mol. The fourth-order valence-corrected chi connectivity index (χ4v) is 4.97. The first-order chi connectivity index (χ1) is 12.7. The van der Waals surface area contributed by atoms with Gasteiger partial charge < -0.3 is 0 Å². The molecule has 146 valence electrons. The molecule has 0 N–H and O–H groups in total. The van der Waals surface area contributed by atoms with Crippen molar-refractivity contribution in [2.24, 2.45) is 0 Å². The summed E-state index contributed by atoms with van der Waals surface area (Å²) in [6.07, 6.45) is 1.33. The number of sulfonamides is 1. The quantitative estimate of drug-likeness (QED) is 0.742. The second-order valence-electron chi connectivity index (χ2n) is 6.54. The third-order valence-corrected chi connectivity index (χ3v) is 7.36. The highest BCUT2D eigenvalue weighted by Crippen LogP contribution is 2.22. The van der Waals surface area contributed by atoms with E-state index in [4.69, 9.17) is 23.2 Å². The van der Waals surface area contributed by atoms with Crippen LogP contribution in [-0.2, 0) is 16.7 Å². The van der Waals surface area contributed by atoms with Crippen molar-refractivity contribution in [1.29, 1.82) is 0 Å². The molecule has 2 aromatic rings. The molecule has 0 spiro atoms. The summed E-state index contributed by atoms with van der Waals surface area (Å²) in [4.78, 5) is 14.4. The van der Waals surface area contributed by atoms with Crippen LogP contribution in [0.3, 0.4) is 0 Å². The zero-order chi connectivity index (χ0) is 19.8. The summed E-state index contributed by atoms with van der Waals surface area (Å²) in [6.45, 7) is 5.55. The lowest BCUT2D eigenvalue weighted by atomic mass is 10.2. The van der Waals surface area contributed by atoms with Crippen LogP contribution in [0.4, 0.5) is 0 Å². The Morgan fingerprint density at radius 3 is 2.44 bits per heavy atom. The van der Waals surface area contributed by atoms with E-state index in [0.717, 1.165) is 11.1 Å². The van der Waals surface area contributed by atoms with Crippen LogP contribution in [0.1, 0.15) is 11.1 Å². The molecular weight excluding hydrogens is 411 g/mol. The molecule has 27 heavy (non-hydrogen) atoms. The van der Waals surface area contributed by atoms with E-state index in [9.17, 15) is 13.2 Å². The molecule has 3 rings (SSSR count). The summed E-state index contributed by atoms with van der Waals surface area (Å²) in [5, 5.41) is 4.03. The molecule has 1 saturated heterocycles. The molecule has 2 heterocycles. The van der Waals surface area contributed by atoms with E-state index in [-0.39, 0.29) is 16.7 Å². The number of hydrogen-bond acceptors (Lipinski definition) is 5. The first-order valence-electron chi connectivity index (χ1n) is 8.41. The highest BCUT2D eigenvalue weighted by Gasteiger charge is 2.30. The van der Waals surface area contributed by atoms with Crippen LogP contribution in [0.15, 0.2) is 34.1 Å². The molecule has 0 bridgehead atoms. The maximum Gasteiger partial charge on any atom is 0.288 e. The highest BCUT2D eigenvalue weighted by molar-refractivity contribution is 7.89. The summed E-state index contributed by atoms with van der Waals surface area (Å²) in [5.74, 6) is 0. The van der Waals surface area contributed by atoms with Gasteiger partial charge in [-0.3, -0.25) is 9.69 Å². The summed E-state index contributed by atoms with van der Waals surface area (Å²) in [6, 6.07) is 5.42. The Morgan fingerprint density at radius 2 is 1.78 bits per heavy atom. The van der Waals surface area contributed by atoms with Gasteiger partial charge in [-0.15, -0.1) is 0 Å². The lowest BCUT2D eigenvalue weighted by Gasteiger charge is -2.34. The molecule has 0 saturated carbocycles. The normalized spacial score (nSPS) is 16.6. The number of benzene rings is 1. The summed E-state index contributed by atoms with van der Waals surface area (Å²) < 4.78 is 28.6. The third kappa shape index (κ3) is 4.20.